The third kappa shape index (κ3) is 8.82. The molecule has 0 aliphatic carbocycles. The summed E-state index contributed by atoms with van der Waals surface area (Å²) < 4.78 is 4.82. The molecule has 0 heterocycles. The Labute approximate surface area is 264 Å². The predicted molar refractivity (Wildman–Crippen MR) is 175 cm³/mol. The van der Waals surface area contributed by atoms with Crippen LogP contribution in [0, 0.1) is 0 Å². The smallest absolute Gasteiger partial charge is 0.339 e. The number of rotatable bonds is 11. The van der Waals surface area contributed by atoms with E-state index in [1.165, 1.54) is 18.9 Å². The van der Waals surface area contributed by atoms with E-state index >= 15 is 0 Å². The number of benzene rings is 4. The SMILES string of the molecule is CCC(Sc1cccc(NC(=O)/C(=C\c2ccc(Cl)cc2)NC(=O)c2ccccc2)c1)C(=O)Nc1ccccc1C(=O)OC. The van der Waals surface area contributed by atoms with Crippen LogP contribution in [0.2, 0.25) is 5.02 Å². The molecular weight excluding hydrogens is 598 g/mol. The van der Waals surface area contributed by atoms with Crippen LogP contribution in [-0.4, -0.2) is 36.1 Å². The summed E-state index contributed by atoms with van der Waals surface area (Å²) in [7, 11) is 1.28. The van der Waals surface area contributed by atoms with Crippen molar-refractivity contribution in [3.8, 4) is 0 Å². The van der Waals surface area contributed by atoms with Crippen molar-refractivity contribution >= 4 is 64.5 Å². The van der Waals surface area contributed by atoms with E-state index in [9.17, 15) is 19.2 Å². The molecule has 0 radical (unpaired) electrons. The van der Waals surface area contributed by atoms with Crippen molar-refractivity contribution in [2.45, 2.75) is 23.5 Å². The van der Waals surface area contributed by atoms with Gasteiger partial charge >= 0.3 is 5.97 Å². The Kier molecular flexibility index (Phi) is 11.3. The third-order valence-electron chi connectivity index (χ3n) is 6.33. The molecular formula is C34H30ClN3O5S. The fourth-order valence-corrected chi connectivity index (χ4v) is 5.23. The zero-order valence-corrected chi connectivity index (χ0v) is 25.6. The van der Waals surface area contributed by atoms with E-state index in [2.05, 4.69) is 16.0 Å². The maximum Gasteiger partial charge on any atom is 0.339 e. The number of ether oxygens (including phenoxy) is 1. The number of nitrogens with one attached hydrogen (secondary N) is 3. The van der Waals surface area contributed by atoms with E-state index in [-0.39, 0.29) is 17.2 Å². The summed E-state index contributed by atoms with van der Waals surface area (Å²) in [6.45, 7) is 1.89. The molecule has 0 aliphatic rings. The van der Waals surface area contributed by atoms with Gasteiger partial charge in [0.2, 0.25) is 5.91 Å². The molecule has 8 nitrogen and oxygen atoms in total. The number of esters is 1. The van der Waals surface area contributed by atoms with E-state index in [4.69, 9.17) is 16.3 Å². The number of carbonyl (C=O) groups is 4. The summed E-state index contributed by atoms with van der Waals surface area (Å²) in [6, 6.07) is 29.1. The van der Waals surface area contributed by atoms with Crippen molar-refractivity contribution < 1.29 is 23.9 Å². The Morgan fingerprint density at radius 2 is 1.57 bits per heavy atom. The normalized spacial score (nSPS) is 11.7. The molecule has 0 spiro atoms. The average Bonchev–Trinajstić information content (AvgIpc) is 3.04. The molecule has 1 unspecified atom stereocenters. The minimum absolute atomic E-state index is 0.0364. The van der Waals surface area contributed by atoms with Crippen molar-refractivity contribution in [3.63, 3.8) is 0 Å². The number of methoxy groups -OCH3 is 1. The lowest BCUT2D eigenvalue weighted by molar-refractivity contribution is -0.116. The Hall–Kier alpha value is -4.86. The minimum atomic E-state index is -0.547. The molecule has 44 heavy (non-hydrogen) atoms. The lowest BCUT2D eigenvalue weighted by Crippen LogP contribution is -2.30. The van der Waals surface area contributed by atoms with E-state index in [0.717, 1.165) is 4.90 Å². The van der Waals surface area contributed by atoms with Crippen molar-refractivity contribution in [3.05, 3.63) is 131 Å². The quantitative estimate of drug-likeness (QED) is 0.0933. The van der Waals surface area contributed by atoms with Gasteiger partial charge in [0.1, 0.15) is 5.70 Å². The second-order valence-electron chi connectivity index (χ2n) is 9.45. The van der Waals surface area contributed by atoms with Gasteiger partial charge in [-0.15, -0.1) is 11.8 Å². The van der Waals surface area contributed by atoms with Crippen LogP contribution in [0.25, 0.3) is 6.08 Å². The number of carbonyl (C=O) groups excluding carboxylic acids is 4. The summed E-state index contributed by atoms with van der Waals surface area (Å²) in [5.41, 5.74) is 2.20. The number of anilines is 2. The molecule has 0 bridgehead atoms. The standard InChI is InChI=1S/C34H30ClN3O5S/c1-3-30(33(41)37-28-15-8-7-14-27(28)34(42)43-2)44-26-13-9-12-25(21-26)36-32(40)29(20-22-16-18-24(35)19-17-22)38-31(39)23-10-5-4-6-11-23/h4-21,30H,3H2,1-2H3,(H,36,40)(H,37,41)(H,38,39)/b29-20+. The molecule has 4 aromatic carbocycles. The Morgan fingerprint density at radius 1 is 0.864 bits per heavy atom. The highest BCUT2D eigenvalue weighted by Gasteiger charge is 2.21. The zero-order valence-electron chi connectivity index (χ0n) is 24.0. The number of halogens is 1. The zero-order chi connectivity index (χ0) is 31.5. The summed E-state index contributed by atoms with van der Waals surface area (Å²) >= 11 is 7.34. The average molecular weight is 628 g/mol. The molecule has 224 valence electrons. The Bertz CT molecular complexity index is 1680. The third-order valence-corrected chi connectivity index (χ3v) is 7.94. The van der Waals surface area contributed by atoms with E-state index in [1.54, 1.807) is 103 Å². The van der Waals surface area contributed by atoms with E-state index in [1.807, 2.05) is 13.0 Å². The summed E-state index contributed by atoms with van der Waals surface area (Å²) in [4.78, 5) is 52.4. The van der Waals surface area contributed by atoms with Gasteiger partial charge in [-0.25, -0.2) is 4.79 Å². The number of hydrogen-bond acceptors (Lipinski definition) is 6. The van der Waals surface area contributed by atoms with Crippen LogP contribution in [0.15, 0.2) is 114 Å². The van der Waals surface area contributed by atoms with E-state index < -0.39 is 23.0 Å². The molecule has 0 aliphatic heterocycles. The molecule has 10 heteroatoms. The first-order chi connectivity index (χ1) is 21.3. The van der Waals surface area contributed by atoms with Gasteiger partial charge in [0.25, 0.3) is 11.8 Å². The predicted octanol–water partition coefficient (Wildman–Crippen LogP) is 7.05. The number of amides is 3. The fourth-order valence-electron chi connectivity index (χ4n) is 4.09. The van der Waals surface area contributed by atoms with Gasteiger partial charge in [-0.1, -0.05) is 67.1 Å². The molecule has 0 saturated heterocycles. The highest BCUT2D eigenvalue weighted by atomic mass is 35.5. The number of para-hydroxylation sites is 1. The summed E-state index contributed by atoms with van der Waals surface area (Å²) in [6.07, 6.45) is 2.07. The highest BCUT2D eigenvalue weighted by Crippen LogP contribution is 2.29. The summed E-state index contributed by atoms with van der Waals surface area (Å²) in [5, 5.41) is 8.44. The topological polar surface area (TPSA) is 114 Å². The minimum Gasteiger partial charge on any atom is -0.465 e. The molecule has 4 aromatic rings. The van der Waals surface area contributed by atoms with Crippen LogP contribution < -0.4 is 16.0 Å². The molecule has 4 rings (SSSR count). The first kappa shape index (κ1) is 32.1. The molecule has 3 amide bonds. The van der Waals surface area contributed by atoms with Gasteiger partial charge in [-0.3, -0.25) is 14.4 Å². The largest absolute Gasteiger partial charge is 0.465 e. The molecule has 3 N–H and O–H groups in total. The first-order valence-electron chi connectivity index (χ1n) is 13.7. The van der Waals surface area contributed by atoms with Crippen LogP contribution in [0.4, 0.5) is 11.4 Å². The second-order valence-corrected chi connectivity index (χ2v) is 11.2. The van der Waals surface area contributed by atoms with Crippen molar-refractivity contribution in [2.75, 3.05) is 17.7 Å². The number of thioether (sulfide) groups is 1. The van der Waals surface area contributed by atoms with Gasteiger partial charge < -0.3 is 20.7 Å². The van der Waals surface area contributed by atoms with Crippen LogP contribution in [0.5, 0.6) is 0 Å². The van der Waals surface area contributed by atoms with Crippen LogP contribution >= 0.6 is 23.4 Å². The van der Waals surface area contributed by atoms with Gasteiger partial charge in [-0.2, -0.15) is 0 Å². The van der Waals surface area contributed by atoms with E-state index in [0.29, 0.717) is 33.9 Å². The second kappa shape index (κ2) is 15.6. The van der Waals surface area contributed by atoms with Crippen molar-refractivity contribution in [1.82, 2.24) is 5.32 Å². The van der Waals surface area contributed by atoms with Crippen molar-refractivity contribution in [2.24, 2.45) is 0 Å². The maximum absolute atomic E-state index is 13.4. The van der Waals surface area contributed by atoms with Crippen molar-refractivity contribution in [1.29, 1.82) is 0 Å². The fraction of sp³-hybridized carbons (Fsp3) is 0.118. The van der Waals surface area contributed by atoms with Gasteiger partial charge in [0.05, 0.1) is 23.6 Å². The van der Waals surface area contributed by atoms with Gasteiger partial charge in [0, 0.05) is 21.2 Å². The van der Waals surface area contributed by atoms with Gasteiger partial charge in [0.15, 0.2) is 0 Å². The monoisotopic (exact) mass is 627 g/mol. The van der Waals surface area contributed by atoms with Crippen LogP contribution in [-0.2, 0) is 14.3 Å². The first-order valence-corrected chi connectivity index (χ1v) is 14.9. The van der Waals surface area contributed by atoms with Crippen LogP contribution in [0.3, 0.4) is 0 Å². The molecule has 0 fully saturated rings. The Morgan fingerprint density at radius 3 is 2.27 bits per heavy atom. The summed E-state index contributed by atoms with van der Waals surface area (Å²) in [5.74, 6) is -1.79. The maximum atomic E-state index is 13.4. The Balaban J connectivity index is 1.50. The molecule has 1 atom stereocenters. The van der Waals surface area contributed by atoms with Gasteiger partial charge in [-0.05, 0) is 72.7 Å². The van der Waals surface area contributed by atoms with Crippen LogP contribution in [0.1, 0.15) is 39.6 Å². The number of hydrogen-bond donors (Lipinski definition) is 3. The molecule has 0 aromatic heterocycles. The lowest BCUT2D eigenvalue weighted by Gasteiger charge is -2.17. The highest BCUT2D eigenvalue weighted by molar-refractivity contribution is 8.00. The molecule has 0 saturated carbocycles. The lowest BCUT2D eigenvalue weighted by atomic mass is 10.1.